The van der Waals surface area contributed by atoms with Crippen molar-refractivity contribution in [3.63, 3.8) is 0 Å². The summed E-state index contributed by atoms with van der Waals surface area (Å²) >= 11 is 12.0. The fourth-order valence-electron chi connectivity index (χ4n) is 1.60. The third-order valence-electron chi connectivity index (χ3n) is 2.71. The maximum atomic E-state index is 12.2. The Labute approximate surface area is 138 Å². The van der Waals surface area contributed by atoms with E-state index in [4.69, 9.17) is 27.7 Å². The molecule has 1 N–H and O–H groups in total. The van der Waals surface area contributed by atoms with Gasteiger partial charge < -0.3 is 4.52 Å². The molecule has 0 unspecified atom stereocenters. The lowest BCUT2D eigenvalue weighted by Gasteiger charge is -2.10. The molecule has 0 radical (unpaired) electrons. The molecule has 6 nitrogen and oxygen atoms in total. The molecule has 0 saturated carbocycles. The Morgan fingerprint density at radius 2 is 1.82 bits per heavy atom. The average molecular weight is 364 g/mol. The van der Waals surface area contributed by atoms with Crippen molar-refractivity contribution in [2.24, 2.45) is 0 Å². The van der Waals surface area contributed by atoms with Gasteiger partial charge in [0.05, 0.1) is 5.75 Å². The summed E-state index contributed by atoms with van der Waals surface area (Å²) in [6.07, 6.45) is 0. The summed E-state index contributed by atoms with van der Waals surface area (Å²) < 4.78 is 31.7. The normalized spacial score (nSPS) is 12.4. The van der Waals surface area contributed by atoms with E-state index in [-0.39, 0.29) is 27.2 Å². The number of benzene rings is 1. The lowest BCUT2D eigenvalue weighted by molar-refractivity contribution is 0.321. The van der Waals surface area contributed by atoms with Crippen molar-refractivity contribution in [1.29, 1.82) is 0 Å². The van der Waals surface area contributed by atoms with Crippen molar-refractivity contribution in [1.82, 2.24) is 10.1 Å². The van der Waals surface area contributed by atoms with Crippen LogP contribution in [0.15, 0.2) is 22.7 Å². The SMILES string of the molecule is CC(C)(C)c1nc(NS(=O)(=O)Cc2c(Cl)cccc2Cl)no1. The number of nitrogens with one attached hydrogen (secondary N) is 1. The van der Waals surface area contributed by atoms with Gasteiger partial charge in [-0.1, -0.05) is 50.0 Å². The first-order chi connectivity index (χ1) is 10.1. The maximum absolute atomic E-state index is 12.2. The molecule has 120 valence electrons. The zero-order valence-electron chi connectivity index (χ0n) is 12.2. The zero-order valence-corrected chi connectivity index (χ0v) is 14.6. The van der Waals surface area contributed by atoms with Gasteiger partial charge in [-0.15, -0.1) is 0 Å². The molecule has 0 bridgehead atoms. The van der Waals surface area contributed by atoms with Crippen LogP contribution in [0.5, 0.6) is 0 Å². The highest BCUT2D eigenvalue weighted by atomic mass is 35.5. The van der Waals surface area contributed by atoms with Crippen molar-refractivity contribution in [2.75, 3.05) is 4.72 Å². The van der Waals surface area contributed by atoms with Crippen molar-refractivity contribution in [3.05, 3.63) is 39.7 Å². The van der Waals surface area contributed by atoms with Gasteiger partial charge in [0, 0.05) is 21.0 Å². The van der Waals surface area contributed by atoms with Gasteiger partial charge in [-0.25, -0.2) is 13.1 Å². The summed E-state index contributed by atoms with van der Waals surface area (Å²) in [4.78, 5) is 4.02. The fraction of sp³-hybridized carbons (Fsp3) is 0.385. The summed E-state index contributed by atoms with van der Waals surface area (Å²) in [5.74, 6) is -0.167. The van der Waals surface area contributed by atoms with Gasteiger partial charge in [0.15, 0.2) is 0 Å². The number of nitrogens with zero attached hydrogens (tertiary/aromatic N) is 2. The number of hydrogen-bond acceptors (Lipinski definition) is 5. The van der Waals surface area contributed by atoms with E-state index in [1.165, 1.54) is 0 Å². The molecule has 0 atom stereocenters. The number of rotatable bonds is 4. The smallest absolute Gasteiger partial charge is 0.277 e. The van der Waals surface area contributed by atoms with E-state index in [1.54, 1.807) is 18.2 Å². The number of aromatic nitrogens is 2. The van der Waals surface area contributed by atoms with Crippen LogP contribution in [0.1, 0.15) is 32.2 Å². The second-order valence-corrected chi connectivity index (χ2v) is 8.27. The fourth-order valence-corrected chi connectivity index (χ4v) is 3.42. The summed E-state index contributed by atoms with van der Waals surface area (Å²) in [5.41, 5.74) is -0.0548. The standard InChI is InChI=1S/C13H15Cl2N3O3S/c1-13(2,3)11-16-12(17-21-11)18-22(19,20)7-8-9(14)5-4-6-10(8)15/h4-6H,7H2,1-3H3,(H,17,18). The van der Waals surface area contributed by atoms with Gasteiger partial charge >= 0.3 is 0 Å². The van der Waals surface area contributed by atoms with E-state index >= 15 is 0 Å². The molecule has 9 heteroatoms. The van der Waals surface area contributed by atoms with E-state index in [9.17, 15) is 8.42 Å². The van der Waals surface area contributed by atoms with Gasteiger partial charge in [0.1, 0.15) is 0 Å². The Balaban J connectivity index is 2.20. The highest BCUT2D eigenvalue weighted by Gasteiger charge is 2.24. The quantitative estimate of drug-likeness (QED) is 0.896. The predicted octanol–water partition coefficient (Wildman–Crippen LogP) is 3.62. The number of halogens is 2. The minimum Gasteiger partial charge on any atom is -0.337 e. The minimum absolute atomic E-state index is 0.117. The summed E-state index contributed by atoms with van der Waals surface area (Å²) in [6, 6.07) is 4.79. The van der Waals surface area contributed by atoms with Crippen LogP contribution >= 0.6 is 23.2 Å². The van der Waals surface area contributed by atoms with Crippen LogP contribution < -0.4 is 4.72 Å². The molecule has 0 fully saturated rings. The Hall–Kier alpha value is -1.31. The third-order valence-corrected chi connectivity index (χ3v) is 4.58. The second kappa shape index (κ2) is 6.06. The monoisotopic (exact) mass is 363 g/mol. The molecule has 1 aromatic heterocycles. The summed E-state index contributed by atoms with van der Waals surface area (Å²) in [6.45, 7) is 5.63. The molecular weight excluding hydrogens is 349 g/mol. The Bertz CT molecular complexity index is 762. The minimum atomic E-state index is -3.77. The average Bonchev–Trinajstić information content (AvgIpc) is 2.81. The predicted molar refractivity (Wildman–Crippen MR) is 85.7 cm³/mol. The van der Waals surface area contributed by atoms with Crippen molar-refractivity contribution >= 4 is 39.2 Å². The molecule has 2 rings (SSSR count). The van der Waals surface area contributed by atoms with Crippen LogP contribution in [0.4, 0.5) is 5.95 Å². The van der Waals surface area contributed by atoms with Crippen molar-refractivity contribution in [3.8, 4) is 0 Å². The van der Waals surface area contributed by atoms with Gasteiger partial charge in [-0.05, 0) is 17.3 Å². The topological polar surface area (TPSA) is 85.1 Å². The Morgan fingerprint density at radius 1 is 1.23 bits per heavy atom. The highest BCUT2D eigenvalue weighted by molar-refractivity contribution is 7.91. The van der Waals surface area contributed by atoms with Gasteiger partial charge in [-0.3, -0.25) is 0 Å². The lowest BCUT2D eigenvalue weighted by Crippen LogP contribution is -2.17. The van der Waals surface area contributed by atoms with E-state index < -0.39 is 10.0 Å². The van der Waals surface area contributed by atoms with Gasteiger partial charge in [0.25, 0.3) is 5.95 Å². The number of hydrogen-bond donors (Lipinski definition) is 1. The number of anilines is 1. The molecule has 0 aliphatic heterocycles. The van der Waals surface area contributed by atoms with Crippen LogP contribution in [0.2, 0.25) is 10.0 Å². The van der Waals surface area contributed by atoms with E-state index in [1.807, 2.05) is 20.8 Å². The second-order valence-electron chi connectivity index (χ2n) is 5.73. The molecule has 0 amide bonds. The number of sulfonamides is 1. The molecular formula is C13H15Cl2N3O3S. The maximum Gasteiger partial charge on any atom is 0.277 e. The lowest BCUT2D eigenvalue weighted by atomic mass is 9.97. The van der Waals surface area contributed by atoms with Crippen molar-refractivity contribution in [2.45, 2.75) is 31.9 Å². The summed E-state index contributed by atoms with van der Waals surface area (Å²) in [7, 11) is -3.77. The first-order valence-corrected chi connectivity index (χ1v) is 8.77. The van der Waals surface area contributed by atoms with Crippen molar-refractivity contribution < 1.29 is 12.9 Å². The Kier molecular flexibility index (Phi) is 4.70. The first-order valence-electron chi connectivity index (χ1n) is 6.36. The van der Waals surface area contributed by atoms with E-state index in [0.29, 0.717) is 11.5 Å². The van der Waals surface area contributed by atoms with Crippen LogP contribution in [-0.4, -0.2) is 18.6 Å². The Morgan fingerprint density at radius 3 is 2.32 bits per heavy atom. The van der Waals surface area contributed by atoms with Crippen LogP contribution in [-0.2, 0) is 21.2 Å². The first kappa shape index (κ1) is 17.1. The van der Waals surface area contributed by atoms with Gasteiger partial charge in [0.2, 0.25) is 15.9 Å². The van der Waals surface area contributed by atoms with E-state index in [0.717, 1.165) is 0 Å². The van der Waals surface area contributed by atoms with Crippen LogP contribution in [0.3, 0.4) is 0 Å². The zero-order chi connectivity index (χ0) is 16.5. The molecule has 0 aliphatic carbocycles. The molecule has 1 heterocycles. The largest absolute Gasteiger partial charge is 0.337 e. The van der Waals surface area contributed by atoms with Crippen LogP contribution in [0, 0.1) is 0 Å². The third kappa shape index (κ3) is 4.12. The van der Waals surface area contributed by atoms with Gasteiger partial charge in [-0.2, -0.15) is 4.98 Å². The van der Waals surface area contributed by atoms with Crippen LogP contribution in [0.25, 0.3) is 0 Å². The summed E-state index contributed by atoms with van der Waals surface area (Å²) in [5, 5.41) is 4.17. The molecule has 1 aromatic carbocycles. The van der Waals surface area contributed by atoms with E-state index in [2.05, 4.69) is 14.9 Å². The molecule has 0 spiro atoms. The molecule has 22 heavy (non-hydrogen) atoms. The molecule has 0 aliphatic rings. The molecule has 2 aromatic rings. The highest BCUT2D eigenvalue weighted by Crippen LogP contribution is 2.27. The molecule has 0 saturated heterocycles.